The molecule has 0 atom stereocenters. The first-order valence-electron chi connectivity index (χ1n) is 3.15. The van der Waals surface area contributed by atoms with Crippen LogP contribution < -0.4 is 10.5 Å². The van der Waals surface area contributed by atoms with Gasteiger partial charge in [0.15, 0.2) is 0 Å². The van der Waals surface area contributed by atoms with Gasteiger partial charge in [0.05, 0.1) is 11.8 Å². The maximum absolute atomic E-state index is 10.9. The molecule has 0 aromatic carbocycles. The molecule has 0 saturated heterocycles. The second kappa shape index (κ2) is 2.18. The fourth-order valence-electron chi connectivity index (χ4n) is 0.632. The highest BCUT2D eigenvalue weighted by Crippen LogP contribution is 2.32. The Hall–Kier alpha value is -0.620. The lowest BCUT2D eigenvalue weighted by Gasteiger charge is -2.06. The Balaban J connectivity index is 2.59. The summed E-state index contributed by atoms with van der Waals surface area (Å²) >= 11 is 0. The van der Waals surface area contributed by atoms with E-state index in [9.17, 15) is 13.2 Å². The van der Waals surface area contributed by atoms with Crippen LogP contribution in [0.25, 0.3) is 0 Å². The minimum atomic E-state index is -3.45. The molecule has 0 radical (unpaired) electrons. The average Bonchev–Trinajstić information content (AvgIpc) is 2.44. The summed E-state index contributed by atoms with van der Waals surface area (Å²) in [5, 5.41) is 0. The first-order chi connectivity index (χ1) is 4.83. The summed E-state index contributed by atoms with van der Waals surface area (Å²) in [6.07, 6.45) is 2.05. The number of rotatable bonds is 2. The quantitative estimate of drug-likeness (QED) is 0.541. The minimum Gasteiger partial charge on any atom is -0.317 e. The van der Waals surface area contributed by atoms with Crippen molar-refractivity contribution in [2.24, 2.45) is 5.73 Å². The Morgan fingerprint density at radius 3 is 2.27 bits per heavy atom. The van der Waals surface area contributed by atoms with Gasteiger partial charge in [-0.15, -0.1) is 0 Å². The molecule has 0 heterocycles. The number of carbonyl (C=O) groups is 1. The SMILES string of the molecule is CS(=O)(=O)NC(=O)C1(N)CC1. The van der Waals surface area contributed by atoms with Crippen LogP contribution in [-0.4, -0.2) is 26.1 Å². The first kappa shape index (κ1) is 8.48. The highest BCUT2D eigenvalue weighted by molar-refractivity contribution is 7.89. The standard InChI is InChI=1S/C5H10N2O3S/c1-11(9,10)7-4(8)5(6)2-3-5/h2-3,6H2,1H3,(H,7,8). The van der Waals surface area contributed by atoms with Crippen molar-refractivity contribution >= 4 is 15.9 Å². The van der Waals surface area contributed by atoms with Gasteiger partial charge < -0.3 is 5.73 Å². The van der Waals surface area contributed by atoms with E-state index in [1.165, 1.54) is 0 Å². The summed E-state index contributed by atoms with van der Waals surface area (Å²) in [5.74, 6) is -0.597. The van der Waals surface area contributed by atoms with E-state index in [4.69, 9.17) is 5.73 Å². The maximum atomic E-state index is 10.9. The number of hydrogen-bond donors (Lipinski definition) is 2. The molecule has 0 unspecified atom stereocenters. The van der Waals surface area contributed by atoms with Crippen molar-refractivity contribution < 1.29 is 13.2 Å². The normalized spacial score (nSPS) is 20.9. The molecule has 1 aliphatic rings. The third-order valence-electron chi connectivity index (χ3n) is 1.52. The molecule has 11 heavy (non-hydrogen) atoms. The van der Waals surface area contributed by atoms with E-state index in [-0.39, 0.29) is 0 Å². The van der Waals surface area contributed by atoms with Crippen molar-refractivity contribution in [3.8, 4) is 0 Å². The van der Waals surface area contributed by atoms with Gasteiger partial charge in [-0.05, 0) is 12.8 Å². The van der Waals surface area contributed by atoms with Crippen molar-refractivity contribution in [1.29, 1.82) is 0 Å². The molecular weight excluding hydrogens is 168 g/mol. The number of hydrogen-bond acceptors (Lipinski definition) is 4. The smallest absolute Gasteiger partial charge is 0.253 e. The van der Waals surface area contributed by atoms with Crippen LogP contribution in [0.5, 0.6) is 0 Å². The van der Waals surface area contributed by atoms with E-state index in [0.717, 1.165) is 6.26 Å². The summed E-state index contributed by atoms with van der Waals surface area (Å²) < 4.78 is 22.9. The molecule has 0 aromatic rings. The predicted molar refractivity (Wildman–Crippen MR) is 39.1 cm³/mol. The van der Waals surface area contributed by atoms with Crippen LogP contribution in [0.1, 0.15) is 12.8 Å². The van der Waals surface area contributed by atoms with Crippen molar-refractivity contribution in [1.82, 2.24) is 4.72 Å². The third-order valence-corrected chi connectivity index (χ3v) is 2.08. The van der Waals surface area contributed by atoms with Gasteiger partial charge in [0, 0.05) is 0 Å². The number of sulfonamides is 1. The molecule has 64 valence electrons. The van der Waals surface area contributed by atoms with Gasteiger partial charge in [-0.3, -0.25) is 9.52 Å². The highest BCUT2D eigenvalue weighted by atomic mass is 32.2. The molecular formula is C5H10N2O3S. The highest BCUT2D eigenvalue weighted by Gasteiger charge is 2.46. The Morgan fingerprint density at radius 2 is 2.00 bits per heavy atom. The van der Waals surface area contributed by atoms with Crippen molar-refractivity contribution in [3.63, 3.8) is 0 Å². The van der Waals surface area contributed by atoms with Gasteiger partial charge in [-0.1, -0.05) is 0 Å². The predicted octanol–water partition coefficient (Wildman–Crippen LogP) is -1.45. The third kappa shape index (κ3) is 2.16. The molecule has 0 aliphatic heterocycles. The molecule has 5 nitrogen and oxygen atoms in total. The Kier molecular flexibility index (Phi) is 1.68. The average molecular weight is 178 g/mol. The molecule has 0 spiro atoms. The molecule has 1 amide bonds. The first-order valence-corrected chi connectivity index (χ1v) is 5.04. The molecule has 3 N–H and O–H groups in total. The lowest BCUT2D eigenvalue weighted by atomic mass is 10.3. The lowest BCUT2D eigenvalue weighted by molar-refractivity contribution is -0.121. The molecule has 1 saturated carbocycles. The van der Waals surface area contributed by atoms with Gasteiger partial charge in [0.1, 0.15) is 0 Å². The molecule has 1 fully saturated rings. The summed E-state index contributed by atoms with van der Waals surface area (Å²) in [7, 11) is -3.45. The molecule has 1 aliphatic carbocycles. The largest absolute Gasteiger partial charge is 0.317 e. The fourth-order valence-corrected chi connectivity index (χ4v) is 1.17. The number of amides is 1. The van der Waals surface area contributed by atoms with Gasteiger partial charge >= 0.3 is 0 Å². The van der Waals surface area contributed by atoms with Crippen molar-refractivity contribution in [2.45, 2.75) is 18.4 Å². The van der Waals surface area contributed by atoms with E-state index in [1.54, 1.807) is 0 Å². The van der Waals surface area contributed by atoms with Crippen LogP contribution in [0.3, 0.4) is 0 Å². The zero-order chi connectivity index (χ0) is 8.70. The Bertz CT molecular complexity index is 278. The van der Waals surface area contributed by atoms with Gasteiger partial charge in [-0.25, -0.2) is 8.42 Å². The topological polar surface area (TPSA) is 89.3 Å². The fraction of sp³-hybridized carbons (Fsp3) is 0.800. The van der Waals surface area contributed by atoms with Crippen LogP contribution in [-0.2, 0) is 14.8 Å². The molecule has 0 bridgehead atoms. The molecule has 1 rings (SSSR count). The van der Waals surface area contributed by atoms with Gasteiger partial charge in [-0.2, -0.15) is 0 Å². The molecule has 6 heteroatoms. The van der Waals surface area contributed by atoms with Crippen molar-refractivity contribution in [2.75, 3.05) is 6.26 Å². The second-order valence-electron chi connectivity index (χ2n) is 2.86. The van der Waals surface area contributed by atoms with E-state index >= 15 is 0 Å². The second-order valence-corrected chi connectivity index (χ2v) is 4.61. The number of nitrogens with one attached hydrogen (secondary N) is 1. The van der Waals surface area contributed by atoms with E-state index in [0.29, 0.717) is 12.8 Å². The zero-order valence-electron chi connectivity index (χ0n) is 6.12. The Labute approximate surface area is 65.0 Å². The summed E-state index contributed by atoms with van der Waals surface area (Å²) in [5.41, 5.74) is 4.51. The lowest BCUT2D eigenvalue weighted by Crippen LogP contribution is -2.44. The summed E-state index contributed by atoms with van der Waals surface area (Å²) in [4.78, 5) is 10.9. The number of carbonyl (C=O) groups excluding carboxylic acids is 1. The van der Waals surface area contributed by atoms with E-state index < -0.39 is 21.5 Å². The zero-order valence-corrected chi connectivity index (χ0v) is 6.94. The summed E-state index contributed by atoms with van der Waals surface area (Å²) in [6, 6.07) is 0. The molecule has 0 aromatic heterocycles. The van der Waals surface area contributed by atoms with Crippen LogP contribution in [0.15, 0.2) is 0 Å². The van der Waals surface area contributed by atoms with Gasteiger partial charge in [0.2, 0.25) is 10.0 Å². The van der Waals surface area contributed by atoms with Crippen LogP contribution >= 0.6 is 0 Å². The van der Waals surface area contributed by atoms with E-state index in [2.05, 4.69) is 0 Å². The minimum absolute atomic E-state index is 0.564. The number of nitrogens with two attached hydrogens (primary N) is 1. The van der Waals surface area contributed by atoms with Crippen LogP contribution in [0.2, 0.25) is 0 Å². The maximum Gasteiger partial charge on any atom is 0.253 e. The van der Waals surface area contributed by atoms with Crippen LogP contribution in [0.4, 0.5) is 0 Å². The monoisotopic (exact) mass is 178 g/mol. The van der Waals surface area contributed by atoms with E-state index in [1.807, 2.05) is 4.72 Å². The van der Waals surface area contributed by atoms with Gasteiger partial charge in [0.25, 0.3) is 5.91 Å². The summed E-state index contributed by atoms with van der Waals surface area (Å²) in [6.45, 7) is 0. The van der Waals surface area contributed by atoms with Crippen LogP contribution in [0, 0.1) is 0 Å². The van der Waals surface area contributed by atoms with Crippen molar-refractivity contribution in [3.05, 3.63) is 0 Å². The Morgan fingerprint density at radius 1 is 1.55 bits per heavy atom.